The largest absolute Gasteiger partial charge is 0.383 e. The number of halogens is 1. The Balaban J connectivity index is 0.791. The van der Waals surface area contributed by atoms with E-state index in [9.17, 15) is 37.2 Å². The number of rotatable bonds is 16. The number of amides is 4. The average Bonchev–Trinajstić information content (AvgIpc) is 3.60. The van der Waals surface area contributed by atoms with Crippen LogP contribution in [0, 0.1) is 5.82 Å². The number of piperidine rings is 1. The van der Waals surface area contributed by atoms with Gasteiger partial charge in [-0.25, -0.2) is 17.8 Å². The number of pyridine rings is 1. The minimum Gasteiger partial charge on any atom is -0.383 e. The summed E-state index contributed by atoms with van der Waals surface area (Å²) in [5.74, 6) is -2.01. The number of Topliss-reactive ketones (excluding diaryl/α,β-unsaturated/α-hetero) is 2. The number of hydrogen-bond donors (Lipinski definition) is 5. The molecule has 1 unspecified atom stereocenters. The van der Waals surface area contributed by atoms with E-state index in [-0.39, 0.29) is 96.4 Å². The van der Waals surface area contributed by atoms with Gasteiger partial charge >= 0.3 is 0 Å². The van der Waals surface area contributed by atoms with Crippen molar-refractivity contribution < 1.29 is 41.6 Å². The number of anilines is 2. The lowest BCUT2D eigenvalue weighted by molar-refractivity contribution is -0.137. The molecule has 328 valence electrons. The first-order chi connectivity index (χ1) is 30.7. The molecule has 4 heterocycles. The van der Waals surface area contributed by atoms with Crippen molar-refractivity contribution in [1.82, 2.24) is 25.8 Å². The van der Waals surface area contributed by atoms with Crippen LogP contribution in [-0.2, 0) is 55.0 Å². The maximum Gasteiger partial charge on any atom is 0.261 e. The summed E-state index contributed by atoms with van der Waals surface area (Å²) in [5, 5.41) is 8.17. The molecule has 1 fully saturated rings. The Morgan fingerprint density at radius 3 is 2.44 bits per heavy atom. The maximum atomic E-state index is 15.6. The quantitative estimate of drug-likeness (QED) is 0.0695. The molecule has 17 heteroatoms. The van der Waals surface area contributed by atoms with Crippen LogP contribution in [-0.4, -0.2) is 79.2 Å². The van der Waals surface area contributed by atoms with Crippen molar-refractivity contribution in [2.75, 3.05) is 30.1 Å². The summed E-state index contributed by atoms with van der Waals surface area (Å²) in [7, 11) is -4.20. The highest BCUT2D eigenvalue weighted by molar-refractivity contribution is 7.92. The molecule has 4 aromatic carbocycles. The number of benzene rings is 4. The normalized spacial score (nSPS) is 15.9. The predicted octanol–water partition coefficient (Wildman–Crippen LogP) is 4.28. The molecule has 1 saturated heterocycles. The Morgan fingerprint density at radius 2 is 1.66 bits per heavy atom. The Hall–Kier alpha value is -7.11. The van der Waals surface area contributed by atoms with Gasteiger partial charge in [-0.15, -0.1) is 0 Å². The second-order valence-electron chi connectivity index (χ2n) is 16.0. The number of fused-ring (bicyclic) bond motifs is 2. The van der Waals surface area contributed by atoms with Gasteiger partial charge in [-0.3, -0.25) is 38.8 Å². The third-order valence-electron chi connectivity index (χ3n) is 11.6. The second-order valence-corrected chi connectivity index (χ2v) is 17.7. The molecule has 15 nitrogen and oxygen atoms in total. The number of nitrogens with one attached hydrogen (secondary N) is 4. The van der Waals surface area contributed by atoms with Gasteiger partial charge in [0.05, 0.1) is 11.4 Å². The Morgan fingerprint density at radius 1 is 0.859 bits per heavy atom. The molecular weight excluding hydrogens is 842 g/mol. The lowest BCUT2D eigenvalue weighted by Crippen LogP contribution is -2.52. The van der Waals surface area contributed by atoms with E-state index in [1.54, 1.807) is 48.5 Å². The fourth-order valence-electron chi connectivity index (χ4n) is 8.30. The van der Waals surface area contributed by atoms with Gasteiger partial charge in [0.15, 0.2) is 5.78 Å². The zero-order valence-electron chi connectivity index (χ0n) is 34.5. The molecule has 8 rings (SSSR count). The third kappa shape index (κ3) is 9.45. The summed E-state index contributed by atoms with van der Waals surface area (Å²) in [6.07, 6.45) is 3.43. The first-order valence-corrected chi connectivity index (χ1v) is 22.3. The van der Waals surface area contributed by atoms with Crippen LogP contribution in [0.1, 0.15) is 68.7 Å². The molecule has 0 saturated carbocycles. The van der Waals surface area contributed by atoms with Crippen LogP contribution in [0.2, 0.25) is 0 Å². The van der Waals surface area contributed by atoms with Gasteiger partial charge in [0.25, 0.3) is 21.8 Å². The summed E-state index contributed by atoms with van der Waals surface area (Å²) in [6, 6.07) is 21.3. The van der Waals surface area contributed by atoms with Crippen molar-refractivity contribution in [3.05, 3.63) is 130 Å². The Kier molecular flexibility index (Phi) is 12.5. The van der Waals surface area contributed by atoms with Gasteiger partial charge in [0.2, 0.25) is 11.8 Å². The van der Waals surface area contributed by atoms with Crippen LogP contribution in [0.4, 0.5) is 15.9 Å². The van der Waals surface area contributed by atoms with Crippen molar-refractivity contribution in [2.45, 2.75) is 62.4 Å². The Bertz CT molecular complexity index is 2850. The first kappa shape index (κ1) is 43.5. The van der Waals surface area contributed by atoms with Crippen molar-refractivity contribution in [2.24, 2.45) is 0 Å². The zero-order chi connectivity index (χ0) is 45.1. The molecule has 0 bridgehead atoms. The SMILES string of the molecule is Nc1ncc(-c2ccc(S(=O)(=O)Nc3ccc(CC(=O)CNCCCC(=O)Cc4cccc5c4CN(C4CCC(=O)NC4=O)C5=O)cc3)cc2F)cc1-c1ccc2c(c1)CCNC2=O. The highest BCUT2D eigenvalue weighted by Gasteiger charge is 2.40. The lowest BCUT2D eigenvalue weighted by Gasteiger charge is -2.29. The van der Waals surface area contributed by atoms with Gasteiger partial charge in [-0.1, -0.05) is 42.5 Å². The number of nitrogens with zero attached hydrogens (tertiary/aromatic N) is 2. The molecule has 3 aliphatic heterocycles. The molecule has 0 spiro atoms. The number of nitrogens with two attached hydrogens (primary N) is 1. The maximum absolute atomic E-state index is 15.6. The highest BCUT2D eigenvalue weighted by Crippen LogP contribution is 2.34. The van der Waals surface area contributed by atoms with E-state index < -0.39 is 27.8 Å². The van der Waals surface area contributed by atoms with E-state index >= 15 is 4.39 Å². The third-order valence-corrected chi connectivity index (χ3v) is 13.0. The molecule has 64 heavy (non-hydrogen) atoms. The number of sulfonamides is 1. The summed E-state index contributed by atoms with van der Waals surface area (Å²) in [4.78, 5) is 80.4. The molecule has 0 aliphatic carbocycles. The van der Waals surface area contributed by atoms with Gasteiger partial charge in [0.1, 0.15) is 23.5 Å². The zero-order valence-corrected chi connectivity index (χ0v) is 35.4. The molecule has 5 aromatic rings. The van der Waals surface area contributed by atoms with E-state index in [1.807, 2.05) is 6.07 Å². The monoisotopic (exact) mass is 885 g/mol. The number of nitrogen functional groups attached to an aromatic ring is 1. The molecule has 3 aliphatic rings. The van der Waals surface area contributed by atoms with E-state index in [2.05, 4.69) is 25.7 Å². The number of carbonyl (C=O) groups excluding carboxylic acids is 6. The van der Waals surface area contributed by atoms with Gasteiger partial charge in [0, 0.05) is 78.5 Å². The highest BCUT2D eigenvalue weighted by atomic mass is 32.2. The lowest BCUT2D eigenvalue weighted by atomic mass is 9.94. The van der Waals surface area contributed by atoms with Crippen LogP contribution >= 0.6 is 0 Å². The van der Waals surface area contributed by atoms with E-state index in [0.717, 1.165) is 17.2 Å². The van der Waals surface area contributed by atoms with E-state index in [4.69, 9.17) is 5.73 Å². The predicted molar refractivity (Wildman–Crippen MR) is 235 cm³/mol. The smallest absolute Gasteiger partial charge is 0.261 e. The molecule has 0 radical (unpaired) electrons. The molecule has 1 atom stereocenters. The summed E-state index contributed by atoms with van der Waals surface area (Å²) in [6.45, 7) is 1.20. The average molecular weight is 886 g/mol. The van der Waals surface area contributed by atoms with Crippen LogP contribution in [0.3, 0.4) is 0 Å². The van der Waals surface area contributed by atoms with Gasteiger partial charge < -0.3 is 21.3 Å². The summed E-state index contributed by atoms with van der Waals surface area (Å²) in [5.41, 5.74) is 12.2. The van der Waals surface area contributed by atoms with E-state index in [1.165, 1.54) is 35.4 Å². The fourth-order valence-corrected chi connectivity index (χ4v) is 9.37. The van der Waals surface area contributed by atoms with Crippen molar-refractivity contribution in [3.8, 4) is 22.3 Å². The summed E-state index contributed by atoms with van der Waals surface area (Å²) < 4.78 is 44.6. The first-order valence-electron chi connectivity index (χ1n) is 20.8. The van der Waals surface area contributed by atoms with Crippen LogP contribution in [0.5, 0.6) is 0 Å². The fraction of sp³-hybridized carbons (Fsp3) is 0.255. The molecule has 1 aromatic heterocycles. The number of hydrogen-bond acceptors (Lipinski definition) is 11. The van der Waals surface area contributed by atoms with Crippen molar-refractivity contribution in [1.29, 1.82) is 0 Å². The van der Waals surface area contributed by atoms with Crippen LogP contribution in [0.25, 0.3) is 22.3 Å². The molecular formula is C47H44FN7O8S. The Labute approximate surface area is 368 Å². The minimum atomic E-state index is -4.20. The number of imide groups is 1. The molecule has 4 amide bonds. The van der Waals surface area contributed by atoms with Crippen LogP contribution < -0.4 is 26.4 Å². The number of carbonyl (C=O) groups is 6. The van der Waals surface area contributed by atoms with Crippen molar-refractivity contribution in [3.63, 3.8) is 0 Å². The number of ketones is 2. The van der Waals surface area contributed by atoms with Gasteiger partial charge in [-0.2, -0.15) is 0 Å². The van der Waals surface area contributed by atoms with Crippen LogP contribution in [0.15, 0.2) is 96.0 Å². The minimum absolute atomic E-state index is 0.0303. The summed E-state index contributed by atoms with van der Waals surface area (Å²) >= 11 is 0. The second kappa shape index (κ2) is 18.3. The standard InChI is InChI=1S/C47H44FN7O8S/c48-41-23-35(11-13-36(41)31-22-39(44(49)52-24-31)29-8-12-37-30(20-29)16-18-51-45(37)59)64(62,63)54-32-9-6-27(7-10-32)19-34(57)25-50-17-2-4-33(56)21-28-3-1-5-38-40(28)26-55(47(38)61)42-14-15-43(58)53-46(42)60/h1,3,5-13,20,22-24,42,50,54H,2,4,14-19,21,25-26H2,(H2,49,52)(H,51,59)(H,53,58,60). The van der Waals surface area contributed by atoms with Gasteiger partial charge in [-0.05, 0) is 96.1 Å². The molecule has 6 N–H and O–H groups in total. The number of aromatic nitrogens is 1. The van der Waals surface area contributed by atoms with Crippen molar-refractivity contribution >= 4 is 56.7 Å². The topological polar surface area (TPSA) is 227 Å². The van der Waals surface area contributed by atoms with E-state index in [0.29, 0.717) is 64.9 Å².